The molecule has 1 aromatic rings. The highest BCUT2D eigenvalue weighted by Crippen LogP contribution is 2.15. The average Bonchev–Trinajstić information content (AvgIpc) is 2.20. The summed E-state index contributed by atoms with van der Waals surface area (Å²) in [4.78, 5) is 4.78. The van der Waals surface area contributed by atoms with Gasteiger partial charge in [0.2, 0.25) is 0 Å². The fourth-order valence-electron chi connectivity index (χ4n) is 1.33. The van der Waals surface area contributed by atoms with Crippen LogP contribution in [0.1, 0.15) is 22.3 Å². The molecular formula is C11H14N2O. The van der Waals surface area contributed by atoms with E-state index < -0.39 is 0 Å². The van der Waals surface area contributed by atoms with Gasteiger partial charge in [-0.1, -0.05) is 0 Å². The zero-order valence-electron chi connectivity index (χ0n) is 8.72. The molecule has 0 saturated heterocycles. The van der Waals surface area contributed by atoms with Crippen LogP contribution in [0.3, 0.4) is 0 Å². The van der Waals surface area contributed by atoms with Gasteiger partial charge in [0.25, 0.3) is 0 Å². The molecular weight excluding hydrogens is 176 g/mol. The van der Waals surface area contributed by atoms with Crippen LogP contribution in [0.5, 0.6) is 0 Å². The molecule has 1 aromatic carbocycles. The first-order valence-corrected chi connectivity index (χ1v) is 4.45. The Labute approximate surface area is 84.3 Å². The first kappa shape index (κ1) is 10.7. The summed E-state index contributed by atoms with van der Waals surface area (Å²) in [6, 6.07) is 5.92. The first-order valence-electron chi connectivity index (χ1n) is 4.45. The van der Waals surface area contributed by atoms with Crippen molar-refractivity contribution < 1.29 is 4.84 Å². The molecule has 0 aliphatic heterocycles. The summed E-state index contributed by atoms with van der Waals surface area (Å²) in [5.41, 5.74) is 6.91. The molecule has 0 atom stereocenters. The first-order chi connectivity index (χ1) is 6.69. The van der Waals surface area contributed by atoms with Gasteiger partial charge in [-0.25, -0.2) is 0 Å². The van der Waals surface area contributed by atoms with Crippen LogP contribution < -0.4 is 5.48 Å². The summed E-state index contributed by atoms with van der Waals surface area (Å²) in [7, 11) is 1.58. The Morgan fingerprint density at radius 2 is 2.14 bits per heavy atom. The van der Waals surface area contributed by atoms with Gasteiger partial charge in [0, 0.05) is 6.54 Å². The number of aryl methyl sites for hydroxylation is 1. The van der Waals surface area contributed by atoms with Gasteiger partial charge in [0.1, 0.15) is 0 Å². The van der Waals surface area contributed by atoms with Crippen molar-refractivity contribution in [3.8, 4) is 6.07 Å². The maximum atomic E-state index is 8.80. The molecule has 0 radical (unpaired) electrons. The van der Waals surface area contributed by atoms with E-state index in [-0.39, 0.29) is 0 Å². The molecule has 1 N–H and O–H groups in total. The van der Waals surface area contributed by atoms with Crippen molar-refractivity contribution in [1.29, 1.82) is 5.26 Å². The molecule has 0 unspecified atom stereocenters. The van der Waals surface area contributed by atoms with Crippen LogP contribution in [0.2, 0.25) is 0 Å². The molecule has 3 nitrogen and oxygen atoms in total. The Kier molecular flexibility index (Phi) is 3.63. The van der Waals surface area contributed by atoms with Gasteiger partial charge in [0.15, 0.2) is 0 Å². The maximum Gasteiger partial charge on any atom is 0.0991 e. The van der Waals surface area contributed by atoms with Crippen LogP contribution in [0.4, 0.5) is 0 Å². The molecule has 0 saturated carbocycles. The molecule has 0 fully saturated rings. The second-order valence-corrected chi connectivity index (χ2v) is 3.21. The van der Waals surface area contributed by atoms with Gasteiger partial charge in [-0.2, -0.15) is 10.7 Å². The van der Waals surface area contributed by atoms with E-state index in [1.165, 1.54) is 5.56 Å². The molecule has 0 spiro atoms. The highest BCUT2D eigenvalue weighted by molar-refractivity contribution is 5.42. The Hall–Kier alpha value is -1.37. The monoisotopic (exact) mass is 190 g/mol. The molecule has 0 aliphatic carbocycles. The van der Waals surface area contributed by atoms with Crippen LogP contribution in [0.25, 0.3) is 0 Å². The van der Waals surface area contributed by atoms with E-state index in [2.05, 4.69) is 11.5 Å². The van der Waals surface area contributed by atoms with Crippen molar-refractivity contribution in [1.82, 2.24) is 5.48 Å². The third kappa shape index (κ3) is 2.32. The fraction of sp³-hybridized carbons (Fsp3) is 0.364. The predicted octanol–water partition coefficient (Wildman–Crippen LogP) is 1.83. The maximum absolute atomic E-state index is 8.80. The number of hydroxylamine groups is 1. The van der Waals surface area contributed by atoms with Crippen molar-refractivity contribution >= 4 is 0 Å². The van der Waals surface area contributed by atoms with Crippen molar-refractivity contribution in [2.45, 2.75) is 20.4 Å². The van der Waals surface area contributed by atoms with E-state index in [4.69, 9.17) is 10.1 Å². The van der Waals surface area contributed by atoms with Gasteiger partial charge in [-0.3, -0.25) is 0 Å². The highest BCUT2D eigenvalue weighted by atomic mass is 16.6. The molecule has 0 amide bonds. The number of nitriles is 1. The van der Waals surface area contributed by atoms with Crippen molar-refractivity contribution in [3.05, 3.63) is 34.4 Å². The van der Waals surface area contributed by atoms with Crippen molar-refractivity contribution in [3.63, 3.8) is 0 Å². The van der Waals surface area contributed by atoms with E-state index >= 15 is 0 Å². The molecule has 0 bridgehead atoms. The Morgan fingerprint density at radius 1 is 1.43 bits per heavy atom. The number of nitrogens with zero attached hydrogens (tertiary/aromatic N) is 1. The third-order valence-corrected chi connectivity index (χ3v) is 2.31. The van der Waals surface area contributed by atoms with E-state index in [0.717, 1.165) is 11.1 Å². The number of hydrogen-bond donors (Lipinski definition) is 1. The summed E-state index contributed by atoms with van der Waals surface area (Å²) in [6.07, 6.45) is 0. The standard InChI is InChI=1S/C11H14N2O/c1-8-4-10(6-12)5-11(9(8)2)7-13-14-3/h4-5,13H,7H2,1-3H3. The van der Waals surface area contributed by atoms with E-state index in [9.17, 15) is 0 Å². The quantitative estimate of drug-likeness (QED) is 0.739. The van der Waals surface area contributed by atoms with Crippen LogP contribution >= 0.6 is 0 Å². The molecule has 0 aliphatic rings. The van der Waals surface area contributed by atoms with Gasteiger partial charge >= 0.3 is 0 Å². The van der Waals surface area contributed by atoms with Crippen LogP contribution in [-0.4, -0.2) is 7.11 Å². The summed E-state index contributed by atoms with van der Waals surface area (Å²) < 4.78 is 0. The van der Waals surface area contributed by atoms with Gasteiger partial charge < -0.3 is 4.84 Å². The largest absolute Gasteiger partial charge is 0.305 e. The fourth-order valence-corrected chi connectivity index (χ4v) is 1.33. The minimum atomic E-state index is 0.624. The van der Waals surface area contributed by atoms with E-state index in [1.807, 2.05) is 26.0 Å². The highest BCUT2D eigenvalue weighted by Gasteiger charge is 2.03. The molecule has 14 heavy (non-hydrogen) atoms. The lowest BCUT2D eigenvalue weighted by atomic mass is 10.0. The van der Waals surface area contributed by atoms with Crippen molar-refractivity contribution in [2.24, 2.45) is 0 Å². The summed E-state index contributed by atoms with van der Waals surface area (Å²) in [5, 5.41) is 8.80. The Bertz CT molecular complexity index is 366. The number of benzene rings is 1. The Morgan fingerprint density at radius 3 is 2.71 bits per heavy atom. The predicted molar refractivity (Wildman–Crippen MR) is 54.5 cm³/mol. The van der Waals surface area contributed by atoms with Crippen LogP contribution in [0, 0.1) is 25.2 Å². The van der Waals surface area contributed by atoms with Gasteiger partial charge in [-0.15, -0.1) is 0 Å². The molecule has 74 valence electrons. The second kappa shape index (κ2) is 4.75. The van der Waals surface area contributed by atoms with Gasteiger partial charge in [-0.05, 0) is 42.7 Å². The lowest BCUT2D eigenvalue weighted by Gasteiger charge is -2.09. The van der Waals surface area contributed by atoms with Gasteiger partial charge in [0.05, 0.1) is 18.7 Å². The van der Waals surface area contributed by atoms with Crippen LogP contribution in [-0.2, 0) is 11.4 Å². The number of hydrogen-bond acceptors (Lipinski definition) is 3. The average molecular weight is 190 g/mol. The SMILES string of the molecule is CONCc1cc(C#N)cc(C)c1C. The zero-order chi connectivity index (χ0) is 10.6. The summed E-state index contributed by atoms with van der Waals surface area (Å²) >= 11 is 0. The minimum absolute atomic E-state index is 0.624. The summed E-state index contributed by atoms with van der Waals surface area (Å²) in [5.74, 6) is 0. The Balaban J connectivity index is 3.02. The number of nitrogens with one attached hydrogen (secondary N) is 1. The van der Waals surface area contributed by atoms with Crippen LogP contribution in [0.15, 0.2) is 12.1 Å². The lowest BCUT2D eigenvalue weighted by Crippen LogP contribution is -2.12. The van der Waals surface area contributed by atoms with Crippen molar-refractivity contribution in [2.75, 3.05) is 7.11 Å². The summed E-state index contributed by atoms with van der Waals surface area (Å²) in [6.45, 7) is 4.67. The smallest absolute Gasteiger partial charge is 0.0991 e. The number of rotatable bonds is 3. The third-order valence-electron chi connectivity index (χ3n) is 2.31. The van der Waals surface area contributed by atoms with E-state index in [1.54, 1.807) is 7.11 Å². The lowest BCUT2D eigenvalue weighted by molar-refractivity contribution is 0.0866. The normalized spacial score (nSPS) is 9.86. The van der Waals surface area contributed by atoms with E-state index in [0.29, 0.717) is 12.1 Å². The molecule has 0 aromatic heterocycles. The minimum Gasteiger partial charge on any atom is -0.305 e. The molecule has 0 heterocycles. The molecule has 3 heteroatoms. The second-order valence-electron chi connectivity index (χ2n) is 3.21. The zero-order valence-corrected chi connectivity index (χ0v) is 8.72. The topological polar surface area (TPSA) is 45.0 Å². The molecule has 1 rings (SSSR count).